The first-order chi connectivity index (χ1) is 17.2. The summed E-state index contributed by atoms with van der Waals surface area (Å²) in [6.45, 7) is 16.8. The van der Waals surface area contributed by atoms with Crippen LogP contribution in [0.1, 0.15) is 52.8 Å². The average Bonchev–Trinajstić information content (AvgIpc) is 2.80. The summed E-state index contributed by atoms with van der Waals surface area (Å²) in [5, 5.41) is 2.68. The number of nitrogens with zero attached hydrogens (tertiary/aromatic N) is 1. The zero-order valence-corrected chi connectivity index (χ0v) is 24.3. The van der Waals surface area contributed by atoms with Crippen LogP contribution in [-0.4, -0.2) is 43.6 Å². The van der Waals surface area contributed by atoms with E-state index >= 15 is 0 Å². The predicted molar refractivity (Wildman–Crippen MR) is 147 cm³/mol. The molecule has 0 spiro atoms. The minimum atomic E-state index is -1.92. The molecule has 2 rings (SSSR count). The van der Waals surface area contributed by atoms with Crippen LogP contribution in [-0.2, 0) is 31.9 Å². The minimum absolute atomic E-state index is 0.0462. The van der Waals surface area contributed by atoms with E-state index in [9.17, 15) is 9.59 Å². The van der Waals surface area contributed by atoms with Crippen LogP contribution in [0.5, 0.6) is 0 Å². The van der Waals surface area contributed by atoms with Crippen molar-refractivity contribution < 1.29 is 23.5 Å². The van der Waals surface area contributed by atoms with Gasteiger partial charge in [-0.1, -0.05) is 57.2 Å². The van der Waals surface area contributed by atoms with Gasteiger partial charge in [0, 0.05) is 0 Å². The lowest BCUT2D eigenvalue weighted by atomic mass is 10.2. The van der Waals surface area contributed by atoms with Crippen LogP contribution in [0.15, 0.2) is 48.5 Å². The van der Waals surface area contributed by atoms with Gasteiger partial charge in [-0.15, -0.1) is 0 Å². The molecule has 204 valence electrons. The van der Waals surface area contributed by atoms with E-state index in [4.69, 9.17) is 13.9 Å². The fourth-order valence-electron chi connectivity index (χ4n) is 2.81. The number of rotatable bonds is 11. The largest absolute Gasteiger partial charge is 0.444 e. The molecule has 0 bridgehead atoms. The Morgan fingerprint density at radius 3 is 2.24 bits per heavy atom. The van der Waals surface area contributed by atoms with Crippen molar-refractivity contribution in [2.24, 2.45) is 0 Å². The number of hydrazine groups is 1. The Kier molecular flexibility index (Phi) is 10.7. The lowest BCUT2D eigenvalue weighted by molar-refractivity contribution is -0.124. The highest BCUT2D eigenvalue weighted by molar-refractivity contribution is 6.74. The Morgan fingerprint density at radius 2 is 1.62 bits per heavy atom. The second kappa shape index (κ2) is 13.0. The van der Waals surface area contributed by atoms with Gasteiger partial charge in [0.25, 0.3) is 5.91 Å². The van der Waals surface area contributed by atoms with Crippen molar-refractivity contribution in [2.45, 2.75) is 84.5 Å². The van der Waals surface area contributed by atoms with E-state index in [0.29, 0.717) is 19.0 Å². The summed E-state index contributed by atoms with van der Waals surface area (Å²) in [4.78, 5) is 29.8. The van der Waals surface area contributed by atoms with Gasteiger partial charge in [0.1, 0.15) is 17.5 Å². The Hall–Kier alpha value is -2.95. The van der Waals surface area contributed by atoms with E-state index in [2.05, 4.69) is 55.0 Å². The van der Waals surface area contributed by atoms with Gasteiger partial charge in [0.2, 0.25) is 0 Å². The maximum atomic E-state index is 12.9. The van der Waals surface area contributed by atoms with Crippen molar-refractivity contribution in [1.29, 1.82) is 0 Å². The fourth-order valence-corrected chi connectivity index (χ4v) is 3.76. The van der Waals surface area contributed by atoms with Gasteiger partial charge in [0.15, 0.2) is 8.32 Å². The molecule has 0 saturated heterocycles. The van der Waals surface area contributed by atoms with Crippen LogP contribution < -0.4 is 16.2 Å². The number of carbonyl (C=O) groups is 2. The lowest BCUT2D eigenvalue weighted by Crippen LogP contribution is -2.51. The van der Waals surface area contributed by atoms with E-state index in [1.807, 2.05) is 42.5 Å². The summed E-state index contributed by atoms with van der Waals surface area (Å²) >= 11 is 0. The maximum absolute atomic E-state index is 12.9. The van der Waals surface area contributed by atoms with Crippen molar-refractivity contribution >= 4 is 26.1 Å². The fraction of sp³-hybridized carbons (Fsp3) is 0.519. The molecule has 1 atom stereocenters. The van der Waals surface area contributed by atoms with Crippen LogP contribution in [0.25, 0.3) is 0 Å². The average molecular weight is 531 g/mol. The van der Waals surface area contributed by atoms with Gasteiger partial charge in [-0.05, 0) is 56.6 Å². The molecule has 3 N–H and O–H groups in total. The standard InChI is InChI=1S/C27H42N4O5Si/c1-26(2,3)36-25(33)29-22(19-34-17-20-13-10-9-11-14-20)24(32)31-30-23-16-12-15-21(28-23)18-35-37(7,8)27(4,5)6/h9-16,22H,17-19H2,1-8H3,(H,28,30)(H,29,33)(H,31,32). The number of pyridine rings is 1. The zero-order chi connectivity index (χ0) is 27.7. The number of anilines is 1. The minimum Gasteiger partial charge on any atom is -0.444 e. The van der Waals surface area contributed by atoms with Gasteiger partial charge in [-0.3, -0.25) is 15.6 Å². The number of nitrogens with one attached hydrogen (secondary N) is 3. The molecule has 1 heterocycles. The van der Waals surface area contributed by atoms with Crippen LogP contribution in [0.4, 0.5) is 10.6 Å². The number of hydrogen-bond acceptors (Lipinski definition) is 7. The Morgan fingerprint density at radius 1 is 0.946 bits per heavy atom. The van der Waals surface area contributed by atoms with E-state index in [1.165, 1.54) is 0 Å². The summed E-state index contributed by atoms with van der Waals surface area (Å²) in [5.74, 6) is -0.0467. The smallest absolute Gasteiger partial charge is 0.408 e. The number of benzene rings is 1. The Balaban J connectivity index is 1.99. The SMILES string of the molecule is CC(C)(C)OC(=O)NC(COCc1ccccc1)C(=O)NNc1cccc(CO[Si](C)(C)C(C)(C)C)n1. The first-order valence-corrected chi connectivity index (χ1v) is 15.3. The van der Waals surface area contributed by atoms with Gasteiger partial charge < -0.3 is 19.2 Å². The summed E-state index contributed by atoms with van der Waals surface area (Å²) in [6.07, 6.45) is -0.709. The highest BCUT2D eigenvalue weighted by Gasteiger charge is 2.37. The molecule has 9 nitrogen and oxygen atoms in total. The van der Waals surface area contributed by atoms with Crippen molar-refractivity contribution in [3.63, 3.8) is 0 Å². The quantitative estimate of drug-likeness (QED) is 0.272. The molecule has 10 heteroatoms. The van der Waals surface area contributed by atoms with Gasteiger partial charge in [-0.2, -0.15) is 0 Å². The van der Waals surface area contributed by atoms with E-state index < -0.39 is 32.0 Å². The van der Waals surface area contributed by atoms with E-state index in [0.717, 1.165) is 11.3 Å². The number of carbonyl (C=O) groups excluding carboxylic acids is 2. The second-order valence-electron chi connectivity index (χ2n) is 11.4. The third-order valence-corrected chi connectivity index (χ3v) is 10.4. The van der Waals surface area contributed by atoms with Crippen LogP contribution in [0.3, 0.4) is 0 Å². The van der Waals surface area contributed by atoms with E-state index in [-0.39, 0.29) is 11.6 Å². The number of amides is 2. The first-order valence-electron chi connectivity index (χ1n) is 12.4. The Bertz CT molecular complexity index is 1020. The summed E-state index contributed by atoms with van der Waals surface area (Å²) in [7, 11) is -1.92. The molecule has 1 aromatic carbocycles. The third kappa shape index (κ3) is 10.9. The van der Waals surface area contributed by atoms with Crippen molar-refractivity contribution in [3.8, 4) is 0 Å². The summed E-state index contributed by atoms with van der Waals surface area (Å²) < 4.78 is 17.3. The van der Waals surface area contributed by atoms with Crippen molar-refractivity contribution in [3.05, 3.63) is 59.8 Å². The molecule has 1 aromatic heterocycles. The Labute approximate surface area is 221 Å². The third-order valence-electron chi connectivity index (χ3n) is 5.91. The molecular formula is C27H42N4O5Si. The topological polar surface area (TPSA) is 111 Å². The summed E-state index contributed by atoms with van der Waals surface area (Å²) in [5.41, 5.74) is 6.43. The van der Waals surface area contributed by atoms with Crippen LogP contribution >= 0.6 is 0 Å². The molecule has 37 heavy (non-hydrogen) atoms. The molecule has 0 radical (unpaired) electrons. The van der Waals surface area contributed by atoms with Crippen LogP contribution in [0, 0.1) is 0 Å². The van der Waals surface area contributed by atoms with E-state index in [1.54, 1.807) is 26.8 Å². The normalized spacial score (nSPS) is 13.0. The van der Waals surface area contributed by atoms with Gasteiger partial charge >= 0.3 is 6.09 Å². The molecule has 1 unspecified atom stereocenters. The molecular weight excluding hydrogens is 488 g/mol. The van der Waals surface area contributed by atoms with Crippen LogP contribution in [0.2, 0.25) is 18.1 Å². The molecule has 2 amide bonds. The molecule has 0 fully saturated rings. The highest BCUT2D eigenvalue weighted by Crippen LogP contribution is 2.37. The number of aromatic nitrogens is 1. The monoisotopic (exact) mass is 530 g/mol. The number of alkyl carbamates (subject to hydrolysis) is 1. The number of hydrogen-bond donors (Lipinski definition) is 3. The zero-order valence-electron chi connectivity index (χ0n) is 23.3. The lowest BCUT2D eigenvalue weighted by Gasteiger charge is -2.36. The predicted octanol–water partition coefficient (Wildman–Crippen LogP) is 5.16. The molecule has 0 aliphatic rings. The molecule has 0 aliphatic carbocycles. The molecule has 0 aliphatic heterocycles. The highest BCUT2D eigenvalue weighted by atomic mass is 28.4. The number of ether oxygens (including phenoxy) is 2. The van der Waals surface area contributed by atoms with Crippen molar-refractivity contribution in [1.82, 2.24) is 15.7 Å². The molecule has 0 saturated carbocycles. The van der Waals surface area contributed by atoms with Gasteiger partial charge in [0.05, 0.1) is 25.5 Å². The summed E-state index contributed by atoms with van der Waals surface area (Å²) in [6, 6.07) is 14.0. The molecule has 2 aromatic rings. The second-order valence-corrected chi connectivity index (χ2v) is 16.2. The maximum Gasteiger partial charge on any atom is 0.408 e. The first kappa shape index (κ1) is 30.3. The van der Waals surface area contributed by atoms with Crippen molar-refractivity contribution in [2.75, 3.05) is 12.0 Å². The van der Waals surface area contributed by atoms with Gasteiger partial charge in [-0.25, -0.2) is 9.78 Å².